The van der Waals surface area contributed by atoms with Gasteiger partial charge in [0.15, 0.2) is 0 Å². The predicted molar refractivity (Wildman–Crippen MR) is 142 cm³/mol. The summed E-state index contributed by atoms with van der Waals surface area (Å²) >= 11 is 6.11. The van der Waals surface area contributed by atoms with E-state index in [9.17, 15) is 5.11 Å². The predicted octanol–water partition coefficient (Wildman–Crippen LogP) is 7.89. The van der Waals surface area contributed by atoms with Crippen LogP contribution in [0.4, 0.5) is 0 Å². The first-order valence-electron chi connectivity index (χ1n) is 12.4. The molecule has 3 rings (SSSR count). The van der Waals surface area contributed by atoms with Crippen molar-refractivity contribution in [2.75, 3.05) is 13.1 Å². The zero-order valence-corrected chi connectivity index (χ0v) is 21.6. The number of aliphatic hydroxyl groups is 1. The highest BCUT2D eigenvalue weighted by molar-refractivity contribution is 6.30. The molecule has 0 aliphatic carbocycles. The van der Waals surface area contributed by atoms with E-state index >= 15 is 0 Å². The van der Waals surface area contributed by atoms with E-state index in [1.54, 1.807) is 0 Å². The minimum absolute atomic E-state index is 0.311. The molecule has 33 heavy (non-hydrogen) atoms. The summed E-state index contributed by atoms with van der Waals surface area (Å²) in [5.74, 6) is 0. The molecule has 0 aliphatic rings. The summed E-state index contributed by atoms with van der Waals surface area (Å²) in [6, 6.07) is 14.5. The Labute approximate surface area is 204 Å². The molecule has 1 N–H and O–H groups in total. The monoisotopic (exact) mass is 466 g/mol. The third-order valence-electron chi connectivity index (χ3n) is 6.56. The summed E-state index contributed by atoms with van der Waals surface area (Å²) < 4.78 is 0. The molecule has 0 bridgehead atoms. The number of pyridine rings is 1. The van der Waals surface area contributed by atoms with Crippen molar-refractivity contribution in [2.45, 2.75) is 78.9 Å². The second-order valence-electron chi connectivity index (χ2n) is 9.43. The number of hydrogen-bond acceptors (Lipinski definition) is 3. The van der Waals surface area contributed by atoms with Crippen LogP contribution in [0.2, 0.25) is 5.02 Å². The number of halogens is 1. The van der Waals surface area contributed by atoms with Gasteiger partial charge in [-0.25, -0.2) is 4.98 Å². The molecule has 1 heterocycles. The summed E-state index contributed by atoms with van der Waals surface area (Å²) in [5.41, 5.74) is 6.14. The van der Waals surface area contributed by atoms with Crippen LogP contribution in [0.25, 0.3) is 22.2 Å². The molecule has 3 nitrogen and oxygen atoms in total. The zero-order chi connectivity index (χ0) is 24.0. The minimum atomic E-state index is -0.552. The minimum Gasteiger partial charge on any atom is -0.388 e. The number of aromatic nitrogens is 1. The van der Waals surface area contributed by atoms with Gasteiger partial charge in [-0.2, -0.15) is 0 Å². The van der Waals surface area contributed by atoms with Gasteiger partial charge in [0.05, 0.1) is 17.3 Å². The van der Waals surface area contributed by atoms with Crippen molar-refractivity contribution in [3.05, 3.63) is 64.2 Å². The Hall–Kier alpha value is -1.94. The maximum atomic E-state index is 11.5. The molecular weight excluding hydrogens is 428 g/mol. The maximum Gasteiger partial charge on any atom is 0.0812 e. The third-order valence-corrected chi connectivity index (χ3v) is 6.82. The molecule has 178 valence electrons. The van der Waals surface area contributed by atoms with E-state index in [0.717, 1.165) is 46.4 Å². The Kier molecular flexibility index (Phi) is 9.31. The first-order valence-corrected chi connectivity index (χ1v) is 12.8. The van der Waals surface area contributed by atoms with E-state index in [4.69, 9.17) is 16.6 Å². The Bertz CT molecular complexity index is 1040. The molecular formula is C29H39ClN2O. The number of hydrogen-bond donors (Lipinski definition) is 1. The molecule has 0 fully saturated rings. The molecule has 2 unspecified atom stereocenters. The first kappa shape index (κ1) is 25.7. The van der Waals surface area contributed by atoms with Crippen LogP contribution >= 0.6 is 11.6 Å². The smallest absolute Gasteiger partial charge is 0.0812 e. The number of benzene rings is 2. The average Bonchev–Trinajstić information content (AvgIpc) is 2.79. The zero-order valence-electron chi connectivity index (χ0n) is 20.9. The topological polar surface area (TPSA) is 36.4 Å². The van der Waals surface area contributed by atoms with Crippen molar-refractivity contribution in [3.63, 3.8) is 0 Å². The van der Waals surface area contributed by atoms with E-state index in [1.165, 1.54) is 31.2 Å². The van der Waals surface area contributed by atoms with Crippen LogP contribution in [0.1, 0.15) is 75.7 Å². The van der Waals surface area contributed by atoms with Crippen LogP contribution < -0.4 is 0 Å². The van der Waals surface area contributed by atoms with E-state index in [2.05, 4.69) is 57.7 Å². The van der Waals surface area contributed by atoms with Crippen molar-refractivity contribution in [1.29, 1.82) is 0 Å². The third kappa shape index (κ3) is 6.56. The van der Waals surface area contributed by atoms with Gasteiger partial charge in [0.1, 0.15) is 0 Å². The molecule has 0 spiro atoms. The standard InChI is InChI=1S/C29H39ClN2O/c1-6-8-14-32(15-9-7-2)22(5)18-28(33)25-19-27(23-10-12-24(30)13-11-23)31-29-21(4)16-20(3)17-26(25)29/h10-13,16-17,19,22,28,33H,6-9,14-15,18H2,1-5H3. The molecule has 0 amide bonds. The lowest BCUT2D eigenvalue weighted by Crippen LogP contribution is -2.36. The normalized spacial score (nSPS) is 13.6. The van der Waals surface area contributed by atoms with Gasteiger partial charge in [-0.1, -0.05) is 62.1 Å². The highest BCUT2D eigenvalue weighted by Gasteiger charge is 2.21. The van der Waals surface area contributed by atoms with Gasteiger partial charge in [0, 0.05) is 22.0 Å². The quantitative estimate of drug-likeness (QED) is 0.312. The largest absolute Gasteiger partial charge is 0.388 e. The summed E-state index contributed by atoms with van der Waals surface area (Å²) in [5, 5.41) is 13.3. The number of aryl methyl sites for hydroxylation is 2. The SMILES string of the molecule is CCCCN(CCCC)C(C)CC(O)c1cc(-c2ccc(Cl)cc2)nc2c(C)cc(C)cc12. The van der Waals surface area contributed by atoms with E-state index in [-0.39, 0.29) is 0 Å². The Balaban J connectivity index is 1.99. The fraction of sp³-hybridized carbons (Fsp3) is 0.483. The van der Waals surface area contributed by atoms with Crippen LogP contribution in [-0.2, 0) is 0 Å². The van der Waals surface area contributed by atoms with Gasteiger partial charge in [-0.05, 0) is 88.5 Å². The summed E-state index contributed by atoms with van der Waals surface area (Å²) in [4.78, 5) is 7.54. The van der Waals surface area contributed by atoms with Gasteiger partial charge >= 0.3 is 0 Å². The van der Waals surface area contributed by atoms with Gasteiger partial charge in [-0.3, -0.25) is 0 Å². The lowest BCUT2D eigenvalue weighted by Gasteiger charge is -2.31. The van der Waals surface area contributed by atoms with Crippen molar-refractivity contribution in [3.8, 4) is 11.3 Å². The molecule has 2 aromatic carbocycles. The fourth-order valence-electron chi connectivity index (χ4n) is 4.62. The Morgan fingerprint density at radius 1 is 0.970 bits per heavy atom. The van der Waals surface area contributed by atoms with Crippen LogP contribution in [0.5, 0.6) is 0 Å². The van der Waals surface area contributed by atoms with E-state index < -0.39 is 6.10 Å². The van der Waals surface area contributed by atoms with Crippen LogP contribution in [0.15, 0.2) is 42.5 Å². The molecule has 1 aromatic heterocycles. The number of rotatable bonds is 11. The van der Waals surface area contributed by atoms with Crippen molar-refractivity contribution >= 4 is 22.5 Å². The van der Waals surface area contributed by atoms with Gasteiger partial charge in [-0.15, -0.1) is 0 Å². The van der Waals surface area contributed by atoms with Crippen molar-refractivity contribution < 1.29 is 5.11 Å². The number of aliphatic hydroxyl groups excluding tert-OH is 1. The number of nitrogens with zero attached hydrogens (tertiary/aromatic N) is 2. The molecule has 0 radical (unpaired) electrons. The molecule has 0 saturated carbocycles. The summed E-state index contributed by atoms with van der Waals surface area (Å²) in [6.45, 7) is 13.1. The van der Waals surface area contributed by atoms with Crippen molar-refractivity contribution in [2.24, 2.45) is 0 Å². The summed E-state index contributed by atoms with van der Waals surface area (Å²) in [6.07, 6.45) is 4.93. The van der Waals surface area contributed by atoms with Gasteiger partial charge < -0.3 is 10.0 Å². The van der Waals surface area contributed by atoms with Gasteiger partial charge in [0.2, 0.25) is 0 Å². The molecule has 0 aliphatic heterocycles. The maximum absolute atomic E-state index is 11.5. The highest BCUT2D eigenvalue weighted by Crippen LogP contribution is 2.33. The van der Waals surface area contributed by atoms with Crippen molar-refractivity contribution in [1.82, 2.24) is 9.88 Å². The Morgan fingerprint density at radius 2 is 1.61 bits per heavy atom. The molecule has 2 atom stereocenters. The van der Waals surface area contributed by atoms with E-state index in [1.807, 2.05) is 24.3 Å². The lowest BCUT2D eigenvalue weighted by atomic mass is 9.94. The second-order valence-corrected chi connectivity index (χ2v) is 9.86. The van der Waals surface area contributed by atoms with E-state index in [0.29, 0.717) is 17.5 Å². The fourth-order valence-corrected chi connectivity index (χ4v) is 4.75. The Morgan fingerprint density at radius 3 is 2.21 bits per heavy atom. The second kappa shape index (κ2) is 12.0. The number of fused-ring (bicyclic) bond motifs is 1. The lowest BCUT2D eigenvalue weighted by molar-refractivity contribution is 0.107. The molecule has 3 aromatic rings. The van der Waals surface area contributed by atoms with Crippen LogP contribution in [0.3, 0.4) is 0 Å². The van der Waals surface area contributed by atoms with Crippen LogP contribution in [0, 0.1) is 13.8 Å². The first-order chi connectivity index (χ1) is 15.8. The number of unbranched alkanes of at least 4 members (excludes halogenated alkanes) is 2. The average molecular weight is 467 g/mol. The van der Waals surface area contributed by atoms with Gasteiger partial charge in [0.25, 0.3) is 0 Å². The van der Waals surface area contributed by atoms with Crippen LogP contribution in [-0.4, -0.2) is 34.1 Å². The molecule has 4 heteroatoms. The summed E-state index contributed by atoms with van der Waals surface area (Å²) in [7, 11) is 0. The molecule has 0 saturated heterocycles. The highest BCUT2D eigenvalue weighted by atomic mass is 35.5.